The minimum Gasteiger partial charge on any atom is -0.394 e. The van der Waals surface area contributed by atoms with Crippen LogP contribution in [0.4, 0.5) is 5.69 Å². The van der Waals surface area contributed by atoms with Crippen LogP contribution in [0, 0.1) is 0 Å². The maximum absolute atomic E-state index is 9.41. The first-order valence-corrected chi connectivity index (χ1v) is 5.76. The fraction of sp³-hybridized carbons (Fsp3) is 0.455. The second kappa shape index (κ2) is 4.51. The largest absolute Gasteiger partial charge is 0.394 e. The van der Waals surface area contributed by atoms with Crippen LogP contribution in [0.25, 0.3) is 0 Å². The zero-order valence-corrected chi connectivity index (χ0v) is 9.96. The lowest BCUT2D eigenvalue weighted by molar-refractivity contribution is 0.152. The van der Waals surface area contributed by atoms with Crippen molar-refractivity contribution in [2.45, 2.75) is 12.0 Å². The van der Waals surface area contributed by atoms with Gasteiger partial charge in [0, 0.05) is 16.8 Å². The topological polar surface area (TPSA) is 41.5 Å². The molecule has 1 fully saturated rings. The molecule has 3 nitrogen and oxygen atoms in total. The predicted octanol–water partition coefficient (Wildman–Crippen LogP) is 2.01. The van der Waals surface area contributed by atoms with Gasteiger partial charge in [0.15, 0.2) is 0 Å². The lowest BCUT2D eigenvalue weighted by Gasteiger charge is -2.28. The fourth-order valence-corrected chi connectivity index (χ4v) is 2.10. The maximum Gasteiger partial charge on any atom is 0.0859 e. The standard InChI is InChI=1S/C11H14BrNO2/c12-9-3-1-2-4-10(9)13-11(7-14)5-6-15-8-11/h1-4,13-14H,5-8H2. The van der Waals surface area contributed by atoms with E-state index in [-0.39, 0.29) is 12.1 Å². The fourth-order valence-electron chi connectivity index (χ4n) is 1.72. The molecule has 1 aromatic carbocycles. The number of hydrogen-bond acceptors (Lipinski definition) is 3. The molecule has 1 aliphatic heterocycles. The van der Waals surface area contributed by atoms with Gasteiger partial charge >= 0.3 is 0 Å². The van der Waals surface area contributed by atoms with Gasteiger partial charge in [-0.25, -0.2) is 0 Å². The summed E-state index contributed by atoms with van der Waals surface area (Å²) < 4.78 is 6.33. The van der Waals surface area contributed by atoms with E-state index in [1.54, 1.807) is 0 Å². The Balaban J connectivity index is 2.16. The summed E-state index contributed by atoms with van der Waals surface area (Å²) in [7, 11) is 0. The van der Waals surface area contributed by atoms with Crippen LogP contribution < -0.4 is 5.32 Å². The number of benzene rings is 1. The first-order chi connectivity index (χ1) is 7.26. The number of aliphatic hydroxyl groups excluding tert-OH is 1. The van der Waals surface area contributed by atoms with Crippen molar-refractivity contribution in [3.8, 4) is 0 Å². The number of para-hydroxylation sites is 1. The van der Waals surface area contributed by atoms with Gasteiger partial charge in [-0.3, -0.25) is 0 Å². The molecule has 1 heterocycles. The van der Waals surface area contributed by atoms with Crippen LogP contribution in [-0.2, 0) is 4.74 Å². The number of halogens is 1. The Morgan fingerprint density at radius 2 is 2.27 bits per heavy atom. The van der Waals surface area contributed by atoms with Crippen molar-refractivity contribution in [2.24, 2.45) is 0 Å². The Morgan fingerprint density at radius 3 is 2.87 bits per heavy atom. The molecule has 0 amide bonds. The third kappa shape index (κ3) is 2.33. The van der Waals surface area contributed by atoms with E-state index in [0.717, 1.165) is 16.6 Å². The van der Waals surface area contributed by atoms with E-state index >= 15 is 0 Å². The average molecular weight is 272 g/mol. The van der Waals surface area contributed by atoms with Crippen molar-refractivity contribution in [2.75, 3.05) is 25.1 Å². The summed E-state index contributed by atoms with van der Waals surface area (Å²) in [5, 5.41) is 12.8. The van der Waals surface area contributed by atoms with Crippen molar-refractivity contribution in [3.05, 3.63) is 28.7 Å². The minimum atomic E-state index is -0.316. The van der Waals surface area contributed by atoms with Crippen molar-refractivity contribution in [3.63, 3.8) is 0 Å². The van der Waals surface area contributed by atoms with Crippen LogP contribution in [0.1, 0.15) is 6.42 Å². The molecule has 1 aliphatic rings. The first-order valence-electron chi connectivity index (χ1n) is 4.97. The van der Waals surface area contributed by atoms with Crippen molar-refractivity contribution in [1.82, 2.24) is 0 Å². The number of ether oxygens (including phenoxy) is 1. The smallest absolute Gasteiger partial charge is 0.0859 e. The Hall–Kier alpha value is -0.580. The normalized spacial score (nSPS) is 25.5. The summed E-state index contributed by atoms with van der Waals surface area (Å²) in [6.45, 7) is 1.36. The molecule has 0 aromatic heterocycles. The van der Waals surface area contributed by atoms with Gasteiger partial charge in [-0.2, -0.15) is 0 Å². The van der Waals surface area contributed by atoms with Gasteiger partial charge in [-0.1, -0.05) is 12.1 Å². The van der Waals surface area contributed by atoms with Crippen molar-refractivity contribution < 1.29 is 9.84 Å². The highest BCUT2D eigenvalue weighted by Crippen LogP contribution is 2.28. The molecule has 1 unspecified atom stereocenters. The lowest BCUT2D eigenvalue weighted by atomic mass is 9.99. The SMILES string of the molecule is OCC1(Nc2ccccc2Br)CCOC1. The van der Waals surface area contributed by atoms with Gasteiger partial charge in [0.2, 0.25) is 0 Å². The molecule has 0 spiro atoms. The second-order valence-electron chi connectivity index (χ2n) is 3.85. The van der Waals surface area contributed by atoms with Gasteiger partial charge in [0.25, 0.3) is 0 Å². The van der Waals surface area contributed by atoms with E-state index in [2.05, 4.69) is 21.2 Å². The number of nitrogens with one attached hydrogen (secondary N) is 1. The molecule has 15 heavy (non-hydrogen) atoms. The third-order valence-electron chi connectivity index (χ3n) is 2.68. The summed E-state index contributed by atoms with van der Waals surface area (Å²) >= 11 is 3.47. The van der Waals surface area contributed by atoms with Crippen molar-refractivity contribution in [1.29, 1.82) is 0 Å². The summed E-state index contributed by atoms with van der Waals surface area (Å²) in [5.74, 6) is 0. The maximum atomic E-state index is 9.41. The molecule has 1 aromatic rings. The minimum absolute atomic E-state index is 0.0916. The molecule has 0 radical (unpaired) electrons. The van der Waals surface area contributed by atoms with Crippen LogP contribution in [0.15, 0.2) is 28.7 Å². The third-order valence-corrected chi connectivity index (χ3v) is 3.37. The van der Waals surface area contributed by atoms with Crippen LogP contribution in [0.2, 0.25) is 0 Å². The molecule has 1 atom stereocenters. The zero-order valence-electron chi connectivity index (χ0n) is 8.37. The van der Waals surface area contributed by atoms with Gasteiger partial charge in [-0.05, 0) is 34.5 Å². The van der Waals surface area contributed by atoms with Crippen LogP contribution in [0.3, 0.4) is 0 Å². The van der Waals surface area contributed by atoms with E-state index in [1.165, 1.54) is 0 Å². The lowest BCUT2D eigenvalue weighted by Crippen LogP contribution is -2.42. The molecular formula is C11H14BrNO2. The van der Waals surface area contributed by atoms with Crippen LogP contribution >= 0.6 is 15.9 Å². The Bertz CT molecular complexity index is 337. The number of aliphatic hydroxyl groups is 1. The Labute approximate surface area is 97.6 Å². The highest BCUT2D eigenvalue weighted by atomic mass is 79.9. The molecule has 2 N–H and O–H groups in total. The predicted molar refractivity (Wildman–Crippen MR) is 63.0 cm³/mol. The highest BCUT2D eigenvalue weighted by Gasteiger charge is 2.34. The van der Waals surface area contributed by atoms with Gasteiger partial charge in [0.05, 0.1) is 18.8 Å². The van der Waals surface area contributed by atoms with Crippen molar-refractivity contribution >= 4 is 21.6 Å². The van der Waals surface area contributed by atoms with Gasteiger partial charge < -0.3 is 15.2 Å². The van der Waals surface area contributed by atoms with E-state index < -0.39 is 0 Å². The first kappa shape index (κ1) is 10.9. The highest BCUT2D eigenvalue weighted by molar-refractivity contribution is 9.10. The van der Waals surface area contributed by atoms with E-state index in [4.69, 9.17) is 4.74 Å². The summed E-state index contributed by atoms with van der Waals surface area (Å²) in [6, 6.07) is 7.89. The molecular weight excluding hydrogens is 258 g/mol. The molecule has 0 bridgehead atoms. The summed E-state index contributed by atoms with van der Waals surface area (Å²) in [6.07, 6.45) is 0.838. The average Bonchev–Trinajstić information content (AvgIpc) is 2.71. The van der Waals surface area contributed by atoms with Gasteiger partial charge in [-0.15, -0.1) is 0 Å². The molecule has 4 heteroatoms. The zero-order chi connectivity index (χ0) is 10.7. The van der Waals surface area contributed by atoms with Gasteiger partial charge in [0.1, 0.15) is 0 Å². The second-order valence-corrected chi connectivity index (χ2v) is 4.70. The molecule has 1 saturated heterocycles. The van der Waals surface area contributed by atoms with Crippen LogP contribution in [0.5, 0.6) is 0 Å². The molecule has 0 aliphatic carbocycles. The number of anilines is 1. The number of hydrogen-bond donors (Lipinski definition) is 2. The Kier molecular flexibility index (Phi) is 3.29. The van der Waals surface area contributed by atoms with E-state index in [9.17, 15) is 5.11 Å². The van der Waals surface area contributed by atoms with E-state index in [1.807, 2.05) is 24.3 Å². The monoisotopic (exact) mass is 271 g/mol. The number of rotatable bonds is 3. The summed E-state index contributed by atoms with van der Waals surface area (Å²) in [5.41, 5.74) is 0.682. The van der Waals surface area contributed by atoms with E-state index in [0.29, 0.717) is 13.2 Å². The quantitative estimate of drug-likeness (QED) is 0.884. The van der Waals surface area contributed by atoms with Crippen LogP contribution in [-0.4, -0.2) is 30.5 Å². The Morgan fingerprint density at radius 1 is 1.47 bits per heavy atom. The molecule has 82 valence electrons. The molecule has 2 rings (SSSR count). The molecule has 0 saturated carbocycles. The summed E-state index contributed by atoms with van der Waals surface area (Å²) in [4.78, 5) is 0.